The van der Waals surface area contributed by atoms with Gasteiger partial charge in [-0.05, 0) is 36.6 Å². The largest absolute Gasteiger partial charge is 0.493 e. The van der Waals surface area contributed by atoms with Gasteiger partial charge in [0.2, 0.25) is 0 Å². The van der Waals surface area contributed by atoms with Gasteiger partial charge < -0.3 is 9.47 Å². The Kier molecular flexibility index (Phi) is 3.64. The van der Waals surface area contributed by atoms with Gasteiger partial charge in [-0.1, -0.05) is 35.9 Å². The smallest absolute Gasteiger partial charge is 0.198 e. The topological polar surface area (TPSA) is 34.1 Å². The summed E-state index contributed by atoms with van der Waals surface area (Å²) in [6, 6.07) is 14.3. The average Bonchev–Trinajstić information content (AvgIpc) is 3.31. The Morgan fingerprint density at radius 1 is 1.15 bits per heavy atom. The number of halogens is 1. The molecule has 0 amide bonds. The lowest BCUT2D eigenvalue weighted by Gasteiger charge is -2.46. The van der Waals surface area contributed by atoms with Gasteiger partial charge in [0.15, 0.2) is 17.2 Å². The number of fused-ring (bicyclic) bond motifs is 4. The summed E-state index contributed by atoms with van der Waals surface area (Å²) >= 11 is 6.05. The summed E-state index contributed by atoms with van der Waals surface area (Å²) in [6.45, 7) is 0. The zero-order valence-corrected chi connectivity index (χ0v) is 15.5. The summed E-state index contributed by atoms with van der Waals surface area (Å²) in [6.07, 6.45) is 5.20. The molecule has 5 rings (SSSR count). The molecule has 0 N–H and O–H groups in total. The lowest BCUT2D eigenvalue weighted by Crippen LogP contribution is -2.51. The molecule has 2 aromatic carbocycles. The minimum Gasteiger partial charge on any atom is -0.493 e. The Morgan fingerprint density at radius 3 is 2.65 bits per heavy atom. The van der Waals surface area contributed by atoms with Gasteiger partial charge in [0, 0.05) is 29.8 Å². The molecule has 3 aliphatic rings. The highest BCUT2D eigenvalue weighted by Gasteiger charge is 2.52. The van der Waals surface area contributed by atoms with E-state index in [0.717, 1.165) is 52.6 Å². The van der Waals surface area contributed by atoms with E-state index in [2.05, 4.69) is 11.1 Å². The summed E-state index contributed by atoms with van der Waals surface area (Å²) in [7, 11) is 1.71. The van der Waals surface area contributed by atoms with Crippen LogP contribution in [-0.4, -0.2) is 23.6 Å². The van der Waals surface area contributed by atoms with Crippen LogP contribution in [0.4, 0.5) is 0 Å². The first-order valence-electron chi connectivity index (χ1n) is 9.19. The van der Waals surface area contributed by atoms with E-state index in [1.165, 1.54) is 12.8 Å². The number of ether oxygens (including phenoxy) is 2. The molecule has 26 heavy (non-hydrogen) atoms. The number of hydrazone groups is 1. The molecule has 1 aliphatic carbocycles. The van der Waals surface area contributed by atoms with E-state index in [0.29, 0.717) is 0 Å². The standard InChI is InChI=1S/C21H21ClN2O2/c1-25-19-6-4-5-16-18-13-17(14-7-9-15(22)10-8-14)23-24(18)21(26-20(16)19)11-2-3-12-21/h4-10,18H,2-3,11-13H2,1H3/t18-/m0/s1. The Morgan fingerprint density at radius 2 is 1.92 bits per heavy atom. The molecule has 0 aromatic heterocycles. The molecule has 2 aromatic rings. The highest BCUT2D eigenvalue weighted by molar-refractivity contribution is 6.30. The van der Waals surface area contributed by atoms with Crippen LogP contribution in [-0.2, 0) is 0 Å². The number of para-hydroxylation sites is 1. The lowest BCUT2D eigenvalue weighted by atomic mass is 9.94. The molecule has 5 heteroatoms. The number of benzene rings is 2. The highest BCUT2D eigenvalue weighted by Crippen LogP contribution is 2.54. The van der Waals surface area contributed by atoms with Crippen molar-refractivity contribution in [2.45, 2.75) is 43.9 Å². The maximum Gasteiger partial charge on any atom is 0.198 e. The zero-order chi connectivity index (χ0) is 17.7. The summed E-state index contributed by atoms with van der Waals surface area (Å²) in [5.41, 5.74) is 3.04. The molecule has 0 saturated heterocycles. The SMILES string of the molecule is COc1cccc2c1OC1(CCCC1)N1N=C(c3ccc(Cl)cc3)C[C@@H]21. The van der Waals surface area contributed by atoms with E-state index >= 15 is 0 Å². The molecular weight excluding hydrogens is 348 g/mol. The van der Waals surface area contributed by atoms with Crippen molar-refractivity contribution in [1.82, 2.24) is 5.01 Å². The fourth-order valence-electron chi connectivity index (χ4n) is 4.51. The van der Waals surface area contributed by atoms with Crippen LogP contribution in [0.2, 0.25) is 5.02 Å². The van der Waals surface area contributed by atoms with Crippen molar-refractivity contribution < 1.29 is 9.47 Å². The second-order valence-corrected chi connectivity index (χ2v) is 7.69. The first kappa shape index (κ1) is 16.0. The van der Waals surface area contributed by atoms with Gasteiger partial charge in [-0.25, -0.2) is 5.01 Å². The van der Waals surface area contributed by atoms with E-state index in [9.17, 15) is 0 Å². The van der Waals surface area contributed by atoms with E-state index < -0.39 is 0 Å². The Hall–Kier alpha value is -2.20. The molecule has 4 nitrogen and oxygen atoms in total. The van der Waals surface area contributed by atoms with Crippen LogP contribution in [0.1, 0.15) is 49.3 Å². The second kappa shape index (κ2) is 5.92. The zero-order valence-electron chi connectivity index (χ0n) is 14.7. The number of hydrogen-bond acceptors (Lipinski definition) is 4. The third-order valence-electron chi connectivity index (χ3n) is 5.77. The summed E-state index contributed by atoms with van der Waals surface area (Å²) in [5.74, 6) is 1.71. The Labute approximate surface area is 158 Å². The third kappa shape index (κ3) is 2.32. The van der Waals surface area contributed by atoms with Crippen molar-refractivity contribution in [1.29, 1.82) is 0 Å². The predicted molar refractivity (Wildman–Crippen MR) is 102 cm³/mol. The van der Waals surface area contributed by atoms with Gasteiger partial charge >= 0.3 is 0 Å². The lowest BCUT2D eigenvalue weighted by molar-refractivity contribution is -0.115. The number of nitrogens with zero attached hydrogens (tertiary/aromatic N) is 2. The molecule has 0 bridgehead atoms. The molecule has 2 heterocycles. The molecule has 0 radical (unpaired) electrons. The molecule has 1 fully saturated rings. The van der Waals surface area contributed by atoms with Crippen LogP contribution in [0.25, 0.3) is 0 Å². The molecule has 2 aliphatic heterocycles. The molecular formula is C21H21ClN2O2. The van der Waals surface area contributed by atoms with E-state index in [1.807, 2.05) is 36.4 Å². The minimum absolute atomic E-state index is 0.192. The average molecular weight is 369 g/mol. The van der Waals surface area contributed by atoms with E-state index in [1.54, 1.807) is 7.11 Å². The van der Waals surface area contributed by atoms with Gasteiger partial charge in [-0.2, -0.15) is 5.10 Å². The van der Waals surface area contributed by atoms with Gasteiger partial charge in [-0.3, -0.25) is 0 Å². The fraction of sp³-hybridized carbons (Fsp3) is 0.381. The van der Waals surface area contributed by atoms with E-state index in [4.69, 9.17) is 26.2 Å². The third-order valence-corrected chi connectivity index (χ3v) is 6.02. The quantitative estimate of drug-likeness (QED) is 0.734. The Bertz CT molecular complexity index is 872. The first-order valence-corrected chi connectivity index (χ1v) is 9.57. The minimum atomic E-state index is -0.347. The van der Waals surface area contributed by atoms with Gasteiger partial charge in [0.05, 0.1) is 18.9 Å². The van der Waals surface area contributed by atoms with Crippen LogP contribution < -0.4 is 9.47 Å². The summed E-state index contributed by atoms with van der Waals surface area (Å²) in [4.78, 5) is 0. The van der Waals surface area contributed by atoms with Crippen molar-refractivity contribution in [3.05, 3.63) is 58.6 Å². The van der Waals surface area contributed by atoms with Crippen LogP contribution in [0.3, 0.4) is 0 Å². The fourth-order valence-corrected chi connectivity index (χ4v) is 4.63. The van der Waals surface area contributed by atoms with Crippen LogP contribution in [0, 0.1) is 0 Å². The maximum absolute atomic E-state index is 6.59. The molecule has 1 atom stereocenters. The second-order valence-electron chi connectivity index (χ2n) is 7.25. The van der Waals surface area contributed by atoms with Gasteiger partial charge in [-0.15, -0.1) is 0 Å². The van der Waals surface area contributed by atoms with Crippen molar-refractivity contribution >= 4 is 17.3 Å². The Balaban J connectivity index is 1.61. The monoisotopic (exact) mass is 368 g/mol. The number of methoxy groups -OCH3 is 1. The predicted octanol–water partition coefficient (Wildman–Crippen LogP) is 5.16. The van der Waals surface area contributed by atoms with Crippen LogP contribution in [0.5, 0.6) is 11.5 Å². The van der Waals surface area contributed by atoms with Crippen molar-refractivity contribution in [3.63, 3.8) is 0 Å². The normalized spacial score (nSPS) is 22.6. The van der Waals surface area contributed by atoms with Gasteiger partial charge in [0.1, 0.15) is 0 Å². The molecule has 1 spiro atoms. The number of hydrogen-bond donors (Lipinski definition) is 0. The summed E-state index contributed by atoms with van der Waals surface area (Å²) < 4.78 is 12.2. The highest BCUT2D eigenvalue weighted by atomic mass is 35.5. The maximum atomic E-state index is 6.59. The van der Waals surface area contributed by atoms with Crippen molar-refractivity contribution in [2.24, 2.45) is 5.10 Å². The van der Waals surface area contributed by atoms with Crippen molar-refractivity contribution in [3.8, 4) is 11.5 Å². The molecule has 1 saturated carbocycles. The van der Waals surface area contributed by atoms with Crippen LogP contribution in [0.15, 0.2) is 47.6 Å². The molecule has 0 unspecified atom stereocenters. The van der Waals surface area contributed by atoms with Crippen molar-refractivity contribution in [2.75, 3.05) is 7.11 Å². The number of rotatable bonds is 2. The summed E-state index contributed by atoms with van der Waals surface area (Å²) in [5, 5.41) is 8.01. The first-order chi connectivity index (χ1) is 12.7. The van der Waals surface area contributed by atoms with E-state index in [-0.39, 0.29) is 11.8 Å². The van der Waals surface area contributed by atoms with Crippen LogP contribution >= 0.6 is 11.6 Å². The molecule has 134 valence electrons. The van der Waals surface area contributed by atoms with Gasteiger partial charge in [0.25, 0.3) is 0 Å².